The lowest BCUT2D eigenvalue weighted by atomic mass is 9.89. The van der Waals surface area contributed by atoms with Crippen molar-refractivity contribution in [2.75, 3.05) is 11.1 Å². The van der Waals surface area contributed by atoms with Crippen molar-refractivity contribution in [3.8, 4) is 0 Å². The van der Waals surface area contributed by atoms with Crippen molar-refractivity contribution in [3.63, 3.8) is 0 Å². The highest BCUT2D eigenvalue weighted by Crippen LogP contribution is 2.36. The standard InChI is InChI=1S/C18H16F3N3OS/c1-18(4-5-26-17(22)24-18)11-2-3-14(21)15(8-11)23-16(25)10-6-12(19)9-13(20)7-10/h2-3,6-9H,4-5H2,1H3,(H2,22,24)(H,23,25). The fraction of sp³-hybridized carbons (Fsp3) is 0.222. The highest BCUT2D eigenvalue weighted by Gasteiger charge is 2.30. The van der Waals surface area contributed by atoms with Crippen LogP contribution < -0.4 is 11.1 Å². The number of rotatable bonds is 3. The molecular formula is C18H16F3N3OS. The van der Waals surface area contributed by atoms with Crippen molar-refractivity contribution in [1.82, 2.24) is 0 Å². The normalized spacial score (nSPS) is 19.8. The zero-order chi connectivity index (χ0) is 18.9. The van der Waals surface area contributed by atoms with Gasteiger partial charge in [-0.2, -0.15) is 0 Å². The van der Waals surface area contributed by atoms with E-state index in [2.05, 4.69) is 10.3 Å². The van der Waals surface area contributed by atoms with Gasteiger partial charge in [0.05, 0.1) is 11.2 Å². The number of aliphatic imine (C=N–C) groups is 1. The SMILES string of the molecule is CC1(c2ccc(F)c(NC(=O)c3cc(F)cc(F)c3)c2)CCSC(N)=N1. The van der Waals surface area contributed by atoms with Crippen LogP contribution in [0.3, 0.4) is 0 Å². The van der Waals surface area contributed by atoms with Gasteiger partial charge < -0.3 is 11.1 Å². The molecule has 1 atom stereocenters. The summed E-state index contributed by atoms with van der Waals surface area (Å²) in [5, 5.41) is 2.80. The van der Waals surface area contributed by atoms with Crippen LogP contribution in [0.25, 0.3) is 0 Å². The summed E-state index contributed by atoms with van der Waals surface area (Å²) >= 11 is 1.45. The summed E-state index contributed by atoms with van der Waals surface area (Å²) in [5.41, 5.74) is 5.52. The first-order valence-corrected chi connectivity index (χ1v) is 8.81. The van der Waals surface area contributed by atoms with Crippen molar-refractivity contribution < 1.29 is 18.0 Å². The molecule has 1 aliphatic heterocycles. The molecule has 0 fully saturated rings. The van der Waals surface area contributed by atoms with Gasteiger partial charge in [-0.1, -0.05) is 17.8 Å². The van der Waals surface area contributed by atoms with Crippen LogP contribution in [0.4, 0.5) is 18.9 Å². The van der Waals surface area contributed by atoms with Crippen molar-refractivity contribution in [3.05, 3.63) is 65.0 Å². The maximum Gasteiger partial charge on any atom is 0.255 e. The third-order valence-corrected chi connectivity index (χ3v) is 4.95. The number of carbonyl (C=O) groups excluding carboxylic acids is 1. The molecule has 26 heavy (non-hydrogen) atoms. The quantitative estimate of drug-likeness (QED) is 0.846. The minimum atomic E-state index is -0.888. The smallest absolute Gasteiger partial charge is 0.255 e. The number of carbonyl (C=O) groups is 1. The predicted octanol–water partition coefficient (Wildman–Crippen LogP) is 4.02. The molecule has 0 bridgehead atoms. The third-order valence-electron chi connectivity index (χ3n) is 4.16. The van der Waals surface area contributed by atoms with E-state index < -0.39 is 28.9 Å². The van der Waals surface area contributed by atoms with Crippen molar-refractivity contribution in [1.29, 1.82) is 0 Å². The molecule has 1 aliphatic rings. The molecule has 136 valence electrons. The Morgan fingerprint density at radius 1 is 1.19 bits per heavy atom. The summed E-state index contributed by atoms with van der Waals surface area (Å²) in [6, 6.07) is 6.68. The molecule has 4 nitrogen and oxygen atoms in total. The number of amidine groups is 1. The number of nitrogens with two attached hydrogens (primary N) is 1. The number of halogens is 3. The molecule has 1 unspecified atom stereocenters. The van der Waals surface area contributed by atoms with Gasteiger partial charge in [0.25, 0.3) is 5.91 Å². The average Bonchev–Trinajstić information content (AvgIpc) is 2.55. The molecular weight excluding hydrogens is 363 g/mol. The van der Waals surface area contributed by atoms with Gasteiger partial charge >= 0.3 is 0 Å². The molecule has 8 heteroatoms. The van der Waals surface area contributed by atoms with Gasteiger partial charge in [0.15, 0.2) is 5.17 Å². The van der Waals surface area contributed by atoms with E-state index >= 15 is 0 Å². The summed E-state index contributed by atoms with van der Waals surface area (Å²) in [6.45, 7) is 1.88. The molecule has 2 aromatic carbocycles. The summed E-state index contributed by atoms with van der Waals surface area (Å²) in [4.78, 5) is 16.7. The summed E-state index contributed by atoms with van der Waals surface area (Å²) in [7, 11) is 0. The van der Waals surface area contributed by atoms with E-state index in [4.69, 9.17) is 5.73 Å². The van der Waals surface area contributed by atoms with Crippen LogP contribution in [0.5, 0.6) is 0 Å². The molecule has 0 saturated carbocycles. The molecule has 1 heterocycles. The topological polar surface area (TPSA) is 67.5 Å². The average molecular weight is 379 g/mol. The maximum atomic E-state index is 14.1. The van der Waals surface area contributed by atoms with Crippen LogP contribution >= 0.6 is 11.8 Å². The third kappa shape index (κ3) is 3.85. The Morgan fingerprint density at radius 3 is 2.54 bits per heavy atom. The van der Waals surface area contributed by atoms with Gasteiger partial charge in [0, 0.05) is 17.4 Å². The summed E-state index contributed by atoms with van der Waals surface area (Å²) in [5.74, 6) is -2.48. The molecule has 1 amide bonds. The van der Waals surface area contributed by atoms with E-state index in [0.717, 1.165) is 17.9 Å². The largest absolute Gasteiger partial charge is 0.379 e. The van der Waals surface area contributed by atoms with Crippen molar-refractivity contribution >= 4 is 28.5 Å². The second-order valence-corrected chi connectivity index (χ2v) is 7.24. The second kappa shape index (κ2) is 7.03. The fourth-order valence-corrected chi connectivity index (χ4v) is 3.70. The Kier molecular flexibility index (Phi) is 4.95. The van der Waals surface area contributed by atoms with E-state index in [0.29, 0.717) is 23.2 Å². The zero-order valence-corrected chi connectivity index (χ0v) is 14.7. The molecule has 0 radical (unpaired) electrons. The number of nitrogens with zero attached hydrogens (tertiary/aromatic N) is 1. The zero-order valence-electron chi connectivity index (χ0n) is 13.9. The molecule has 2 aromatic rings. The number of hydrogen-bond acceptors (Lipinski definition) is 4. The molecule has 3 rings (SSSR count). The summed E-state index contributed by atoms with van der Waals surface area (Å²) in [6.07, 6.45) is 0.701. The van der Waals surface area contributed by atoms with E-state index in [9.17, 15) is 18.0 Å². The van der Waals surface area contributed by atoms with Gasteiger partial charge in [-0.25, -0.2) is 13.2 Å². The number of hydrogen-bond donors (Lipinski definition) is 2. The van der Waals surface area contributed by atoms with E-state index in [1.807, 2.05) is 6.92 Å². The summed E-state index contributed by atoms with van der Waals surface area (Å²) < 4.78 is 40.7. The number of nitrogens with one attached hydrogen (secondary N) is 1. The monoisotopic (exact) mass is 379 g/mol. The van der Waals surface area contributed by atoms with Gasteiger partial charge in [-0.15, -0.1) is 0 Å². The minimum absolute atomic E-state index is 0.0922. The Morgan fingerprint density at radius 2 is 1.88 bits per heavy atom. The molecule has 0 spiro atoms. The first kappa shape index (κ1) is 18.3. The van der Waals surface area contributed by atoms with Crippen LogP contribution in [-0.2, 0) is 5.54 Å². The number of anilines is 1. The van der Waals surface area contributed by atoms with Crippen molar-refractivity contribution in [2.45, 2.75) is 18.9 Å². The molecule has 0 aromatic heterocycles. The number of benzene rings is 2. The van der Waals surface area contributed by atoms with E-state index in [-0.39, 0.29) is 11.3 Å². The molecule has 0 aliphatic carbocycles. The second-order valence-electron chi connectivity index (χ2n) is 6.13. The van der Waals surface area contributed by atoms with Gasteiger partial charge in [-0.05, 0) is 43.2 Å². The van der Waals surface area contributed by atoms with Crippen LogP contribution in [0.1, 0.15) is 29.3 Å². The van der Waals surface area contributed by atoms with Gasteiger partial charge in [0.1, 0.15) is 17.5 Å². The van der Waals surface area contributed by atoms with Gasteiger partial charge in [-0.3, -0.25) is 9.79 Å². The predicted molar refractivity (Wildman–Crippen MR) is 96.8 cm³/mol. The lowest BCUT2D eigenvalue weighted by Gasteiger charge is -2.30. The molecule has 3 N–H and O–H groups in total. The first-order chi connectivity index (χ1) is 12.3. The Balaban J connectivity index is 1.91. The van der Waals surface area contributed by atoms with E-state index in [1.54, 1.807) is 6.07 Å². The minimum Gasteiger partial charge on any atom is -0.379 e. The number of thioether (sulfide) groups is 1. The molecule has 0 saturated heterocycles. The van der Waals surface area contributed by atoms with Crippen LogP contribution in [-0.4, -0.2) is 16.8 Å². The van der Waals surface area contributed by atoms with E-state index in [1.165, 1.54) is 23.9 Å². The Bertz CT molecular complexity index is 883. The highest BCUT2D eigenvalue weighted by atomic mass is 32.2. The number of amides is 1. The maximum absolute atomic E-state index is 14.1. The van der Waals surface area contributed by atoms with Gasteiger partial charge in [0.2, 0.25) is 0 Å². The van der Waals surface area contributed by atoms with Crippen LogP contribution in [0.2, 0.25) is 0 Å². The Hall–Kier alpha value is -2.48. The Labute approximate surface area is 152 Å². The van der Waals surface area contributed by atoms with Crippen molar-refractivity contribution in [2.24, 2.45) is 10.7 Å². The lowest BCUT2D eigenvalue weighted by Crippen LogP contribution is -2.29. The van der Waals surface area contributed by atoms with Crippen LogP contribution in [0.15, 0.2) is 41.4 Å². The van der Waals surface area contributed by atoms with Crippen LogP contribution in [0, 0.1) is 17.5 Å². The highest BCUT2D eigenvalue weighted by molar-refractivity contribution is 8.13. The fourth-order valence-electron chi connectivity index (χ4n) is 2.73. The first-order valence-electron chi connectivity index (χ1n) is 7.82. The lowest BCUT2D eigenvalue weighted by molar-refractivity contribution is 0.102.